The second kappa shape index (κ2) is 3.33. The quantitative estimate of drug-likeness (QED) is 0.636. The van der Waals surface area contributed by atoms with Gasteiger partial charge in [0.25, 0.3) is 0 Å². The number of alkyl halides is 3. The predicted molar refractivity (Wildman–Crippen MR) is 43.2 cm³/mol. The third-order valence-electron chi connectivity index (χ3n) is 2.69. The Bertz CT molecular complexity index is 190. The average Bonchev–Trinajstić information content (AvgIpc) is 2.04. The maximum absolute atomic E-state index is 12.2. The third kappa shape index (κ3) is 2.46. The van der Waals surface area contributed by atoms with Crippen LogP contribution in [0.1, 0.15) is 25.7 Å². The molecule has 13 heavy (non-hydrogen) atoms. The maximum atomic E-state index is 12.2. The van der Waals surface area contributed by atoms with Crippen molar-refractivity contribution in [3.8, 4) is 0 Å². The first-order valence-electron chi connectivity index (χ1n) is 4.30. The maximum Gasteiger partial charge on any atom is 0.391 e. The molecule has 1 saturated carbocycles. The van der Waals surface area contributed by atoms with E-state index in [4.69, 9.17) is 0 Å². The van der Waals surface area contributed by atoms with Crippen LogP contribution in [0.15, 0.2) is 12.7 Å². The fourth-order valence-electron chi connectivity index (χ4n) is 1.65. The van der Waals surface area contributed by atoms with Crippen LogP contribution in [-0.2, 0) is 0 Å². The number of rotatable bonds is 1. The van der Waals surface area contributed by atoms with Crippen LogP contribution in [0.5, 0.6) is 0 Å². The zero-order valence-electron chi connectivity index (χ0n) is 7.27. The van der Waals surface area contributed by atoms with Crippen LogP contribution in [0.4, 0.5) is 13.2 Å². The summed E-state index contributed by atoms with van der Waals surface area (Å²) in [7, 11) is 0. The molecule has 0 radical (unpaired) electrons. The summed E-state index contributed by atoms with van der Waals surface area (Å²) in [5.41, 5.74) is -1.07. The summed E-state index contributed by atoms with van der Waals surface area (Å²) < 4.78 is 36.6. The zero-order valence-corrected chi connectivity index (χ0v) is 7.27. The Kier molecular flexibility index (Phi) is 2.71. The van der Waals surface area contributed by atoms with Gasteiger partial charge in [-0.15, -0.1) is 6.58 Å². The van der Waals surface area contributed by atoms with Gasteiger partial charge in [-0.2, -0.15) is 13.2 Å². The summed E-state index contributed by atoms with van der Waals surface area (Å²) in [6, 6.07) is 0. The number of hydrogen-bond acceptors (Lipinski definition) is 1. The molecule has 4 heteroatoms. The minimum atomic E-state index is -4.11. The molecule has 0 atom stereocenters. The lowest BCUT2D eigenvalue weighted by atomic mass is 9.79. The van der Waals surface area contributed by atoms with Gasteiger partial charge >= 0.3 is 6.18 Å². The van der Waals surface area contributed by atoms with E-state index in [1.165, 1.54) is 6.08 Å². The standard InChI is InChI=1S/C9H13F3O/c1-2-8(13)5-3-7(4-6-8)9(10,11)12/h2,7,13H,1,3-6H2. The molecule has 0 aromatic rings. The van der Waals surface area contributed by atoms with Gasteiger partial charge in [-0.05, 0) is 25.7 Å². The van der Waals surface area contributed by atoms with E-state index in [0.29, 0.717) is 0 Å². The van der Waals surface area contributed by atoms with Gasteiger partial charge in [0.15, 0.2) is 0 Å². The van der Waals surface area contributed by atoms with Crippen LogP contribution in [0.25, 0.3) is 0 Å². The predicted octanol–water partition coefficient (Wildman–Crippen LogP) is 2.66. The Labute approximate surface area is 75.3 Å². The van der Waals surface area contributed by atoms with Crippen LogP contribution in [0.3, 0.4) is 0 Å². The fraction of sp³-hybridized carbons (Fsp3) is 0.778. The van der Waals surface area contributed by atoms with Gasteiger partial charge in [-0.3, -0.25) is 0 Å². The molecule has 0 saturated heterocycles. The molecule has 0 aliphatic heterocycles. The summed E-state index contributed by atoms with van der Waals surface area (Å²) in [5.74, 6) is -1.24. The lowest BCUT2D eigenvalue weighted by Crippen LogP contribution is -2.36. The highest BCUT2D eigenvalue weighted by molar-refractivity contribution is 4.99. The molecule has 1 aliphatic carbocycles. The van der Waals surface area contributed by atoms with E-state index in [1.807, 2.05) is 0 Å². The summed E-state index contributed by atoms with van der Waals surface area (Å²) in [6.45, 7) is 3.41. The van der Waals surface area contributed by atoms with Crippen molar-refractivity contribution in [2.24, 2.45) is 5.92 Å². The van der Waals surface area contributed by atoms with E-state index in [2.05, 4.69) is 6.58 Å². The first-order chi connectivity index (χ1) is 5.87. The van der Waals surface area contributed by atoms with Crippen molar-refractivity contribution < 1.29 is 18.3 Å². The van der Waals surface area contributed by atoms with Crippen LogP contribution in [-0.4, -0.2) is 16.9 Å². The molecule has 0 aromatic heterocycles. The first kappa shape index (κ1) is 10.6. The molecule has 76 valence electrons. The molecule has 0 amide bonds. The van der Waals surface area contributed by atoms with Crippen LogP contribution in [0, 0.1) is 5.92 Å². The second-order valence-corrected chi connectivity index (χ2v) is 3.62. The molecule has 0 spiro atoms. The minimum Gasteiger partial charge on any atom is -0.386 e. The Hall–Kier alpha value is -0.510. The lowest BCUT2D eigenvalue weighted by Gasteiger charge is -2.34. The Morgan fingerprint density at radius 3 is 2.08 bits per heavy atom. The van der Waals surface area contributed by atoms with Crippen molar-refractivity contribution in [2.45, 2.75) is 37.5 Å². The van der Waals surface area contributed by atoms with Gasteiger partial charge in [0.05, 0.1) is 11.5 Å². The van der Waals surface area contributed by atoms with Crippen molar-refractivity contribution in [3.05, 3.63) is 12.7 Å². The molecule has 1 aliphatic rings. The van der Waals surface area contributed by atoms with Gasteiger partial charge < -0.3 is 5.11 Å². The molecule has 1 rings (SSSR count). The molecular weight excluding hydrogens is 181 g/mol. The van der Waals surface area contributed by atoms with Crippen molar-refractivity contribution in [1.29, 1.82) is 0 Å². The van der Waals surface area contributed by atoms with Gasteiger partial charge in [0, 0.05) is 0 Å². The highest BCUT2D eigenvalue weighted by Gasteiger charge is 2.44. The SMILES string of the molecule is C=CC1(O)CCC(C(F)(F)F)CC1. The van der Waals surface area contributed by atoms with Crippen molar-refractivity contribution in [1.82, 2.24) is 0 Å². The highest BCUT2D eigenvalue weighted by atomic mass is 19.4. The van der Waals surface area contributed by atoms with Crippen LogP contribution < -0.4 is 0 Å². The van der Waals surface area contributed by atoms with Gasteiger partial charge in [-0.25, -0.2) is 0 Å². The third-order valence-corrected chi connectivity index (χ3v) is 2.69. The molecule has 1 fully saturated rings. The van der Waals surface area contributed by atoms with Crippen molar-refractivity contribution in [3.63, 3.8) is 0 Å². The van der Waals surface area contributed by atoms with E-state index in [1.54, 1.807) is 0 Å². The van der Waals surface area contributed by atoms with E-state index < -0.39 is 17.7 Å². The fourth-order valence-corrected chi connectivity index (χ4v) is 1.65. The summed E-state index contributed by atoms with van der Waals surface area (Å²) in [5, 5.41) is 9.58. The van der Waals surface area contributed by atoms with Crippen LogP contribution in [0.2, 0.25) is 0 Å². The summed E-state index contributed by atoms with van der Waals surface area (Å²) >= 11 is 0. The molecule has 0 aromatic carbocycles. The Morgan fingerprint density at radius 1 is 1.31 bits per heavy atom. The van der Waals surface area contributed by atoms with E-state index in [9.17, 15) is 18.3 Å². The van der Waals surface area contributed by atoms with Crippen molar-refractivity contribution in [2.75, 3.05) is 0 Å². The molecular formula is C9H13F3O. The zero-order chi connectivity index (χ0) is 10.1. The monoisotopic (exact) mass is 194 g/mol. The Morgan fingerprint density at radius 2 is 1.77 bits per heavy atom. The lowest BCUT2D eigenvalue weighted by molar-refractivity contribution is -0.189. The molecule has 1 N–H and O–H groups in total. The van der Waals surface area contributed by atoms with Gasteiger partial charge in [0.1, 0.15) is 0 Å². The van der Waals surface area contributed by atoms with Gasteiger partial charge in [0.2, 0.25) is 0 Å². The number of halogens is 3. The largest absolute Gasteiger partial charge is 0.391 e. The minimum absolute atomic E-state index is 0.00597. The number of aliphatic hydroxyl groups is 1. The molecule has 1 nitrogen and oxygen atoms in total. The molecule has 0 unspecified atom stereocenters. The van der Waals surface area contributed by atoms with Crippen molar-refractivity contribution >= 4 is 0 Å². The smallest absolute Gasteiger partial charge is 0.386 e. The highest BCUT2D eigenvalue weighted by Crippen LogP contribution is 2.41. The van der Waals surface area contributed by atoms with Gasteiger partial charge in [-0.1, -0.05) is 6.08 Å². The Balaban J connectivity index is 2.53. The second-order valence-electron chi connectivity index (χ2n) is 3.62. The first-order valence-corrected chi connectivity index (χ1v) is 4.30. The van der Waals surface area contributed by atoms with E-state index >= 15 is 0 Å². The van der Waals surface area contributed by atoms with Crippen LogP contribution >= 0.6 is 0 Å². The molecule has 0 bridgehead atoms. The number of hydrogen-bond donors (Lipinski definition) is 1. The summed E-state index contributed by atoms with van der Waals surface area (Å²) in [6.07, 6.45) is -2.42. The normalized spacial score (nSPS) is 35.8. The average molecular weight is 194 g/mol. The van der Waals surface area contributed by atoms with E-state index in [0.717, 1.165) is 0 Å². The topological polar surface area (TPSA) is 20.2 Å². The molecule has 0 heterocycles. The van der Waals surface area contributed by atoms with E-state index in [-0.39, 0.29) is 25.7 Å². The summed E-state index contributed by atoms with van der Waals surface area (Å²) in [4.78, 5) is 0.